The summed E-state index contributed by atoms with van der Waals surface area (Å²) in [6.45, 7) is 1.99. The molecular formula is C17H16BrNO. The van der Waals surface area contributed by atoms with Crippen molar-refractivity contribution in [1.29, 1.82) is 0 Å². The van der Waals surface area contributed by atoms with Crippen LogP contribution in [0, 0.1) is 6.92 Å². The minimum Gasteiger partial charge on any atom is -0.293 e. The van der Waals surface area contributed by atoms with Gasteiger partial charge in [-0.2, -0.15) is 0 Å². The maximum atomic E-state index is 12.9. The molecule has 20 heavy (non-hydrogen) atoms. The Kier molecular flexibility index (Phi) is 3.70. The second-order valence-corrected chi connectivity index (χ2v) is 6.23. The van der Waals surface area contributed by atoms with Gasteiger partial charge in [-0.3, -0.25) is 9.78 Å². The molecular weight excluding hydrogens is 314 g/mol. The third-order valence-corrected chi connectivity index (χ3v) is 4.47. The summed E-state index contributed by atoms with van der Waals surface area (Å²) >= 11 is 3.45. The highest BCUT2D eigenvalue weighted by Crippen LogP contribution is 2.33. The minimum absolute atomic E-state index is 0.0899. The van der Waals surface area contributed by atoms with Crippen molar-refractivity contribution in [3.63, 3.8) is 0 Å². The Bertz CT molecular complexity index is 666. The van der Waals surface area contributed by atoms with E-state index in [0.29, 0.717) is 0 Å². The average Bonchev–Trinajstić information content (AvgIpc) is 2.48. The predicted molar refractivity (Wildman–Crippen MR) is 83.1 cm³/mol. The van der Waals surface area contributed by atoms with Crippen LogP contribution >= 0.6 is 15.9 Å². The topological polar surface area (TPSA) is 30.0 Å². The first-order chi connectivity index (χ1) is 9.66. The van der Waals surface area contributed by atoms with Crippen LogP contribution in [0.2, 0.25) is 0 Å². The Morgan fingerprint density at radius 3 is 3.05 bits per heavy atom. The highest BCUT2D eigenvalue weighted by Gasteiger charge is 2.29. The van der Waals surface area contributed by atoms with Crippen molar-refractivity contribution < 1.29 is 4.79 Å². The molecule has 1 aliphatic rings. The van der Waals surface area contributed by atoms with E-state index >= 15 is 0 Å². The lowest BCUT2D eigenvalue weighted by Gasteiger charge is -2.23. The number of pyridine rings is 1. The third kappa shape index (κ3) is 2.42. The van der Waals surface area contributed by atoms with Crippen LogP contribution in [0.25, 0.3) is 0 Å². The van der Waals surface area contributed by atoms with E-state index in [0.717, 1.165) is 40.6 Å². The molecule has 1 unspecified atom stereocenters. The number of halogens is 1. The molecule has 1 aromatic carbocycles. The molecule has 1 aromatic heterocycles. The SMILES string of the molecule is Cc1ccc(Br)cc1C(=O)C1CCCc2cccnc21. The van der Waals surface area contributed by atoms with Crippen molar-refractivity contribution in [3.8, 4) is 0 Å². The second-order valence-electron chi connectivity index (χ2n) is 5.32. The molecule has 1 heterocycles. The molecule has 0 aliphatic heterocycles. The minimum atomic E-state index is -0.0899. The van der Waals surface area contributed by atoms with Crippen LogP contribution < -0.4 is 0 Å². The Morgan fingerprint density at radius 2 is 2.20 bits per heavy atom. The first-order valence-electron chi connectivity index (χ1n) is 6.91. The molecule has 3 heteroatoms. The van der Waals surface area contributed by atoms with Crippen molar-refractivity contribution in [2.45, 2.75) is 32.1 Å². The van der Waals surface area contributed by atoms with E-state index in [9.17, 15) is 4.79 Å². The van der Waals surface area contributed by atoms with E-state index in [-0.39, 0.29) is 11.7 Å². The predicted octanol–water partition coefficient (Wildman–Crippen LogP) is 4.46. The van der Waals surface area contributed by atoms with E-state index < -0.39 is 0 Å². The molecule has 1 atom stereocenters. The number of nitrogens with zero attached hydrogens (tertiary/aromatic N) is 1. The van der Waals surface area contributed by atoms with Crippen molar-refractivity contribution in [1.82, 2.24) is 4.98 Å². The van der Waals surface area contributed by atoms with E-state index in [2.05, 4.69) is 27.0 Å². The smallest absolute Gasteiger partial charge is 0.172 e. The Hall–Kier alpha value is -1.48. The lowest BCUT2D eigenvalue weighted by atomic mass is 9.81. The molecule has 0 fully saturated rings. The van der Waals surface area contributed by atoms with Crippen LogP contribution in [0.1, 0.15) is 45.9 Å². The first-order valence-corrected chi connectivity index (χ1v) is 7.70. The number of carbonyl (C=O) groups excluding carboxylic acids is 1. The fourth-order valence-corrected chi connectivity index (χ4v) is 3.27. The van der Waals surface area contributed by atoms with Crippen molar-refractivity contribution in [3.05, 3.63) is 63.4 Å². The zero-order chi connectivity index (χ0) is 14.1. The Labute approximate surface area is 127 Å². The number of Topliss-reactive ketones (excluding diaryl/α,β-unsaturated/α-hetero) is 1. The summed E-state index contributed by atoms with van der Waals surface area (Å²) < 4.78 is 0.948. The lowest BCUT2D eigenvalue weighted by Crippen LogP contribution is -2.20. The fourth-order valence-electron chi connectivity index (χ4n) is 2.91. The van der Waals surface area contributed by atoms with Gasteiger partial charge in [-0.15, -0.1) is 0 Å². The first kappa shape index (κ1) is 13.5. The van der Waals surface area contributed by atoms with Gasteiger partial charge in [0.15, 0.2) is 5.78 Å². The summed E-state index contributed by atoms with van der Waals surface area (Å²) in [4.78, 5) is 17.3. The average molecular weight is 330 g/mol. The summed E-state index contributed by atoms with van der Waals surface area (Å²) in [5.41, 5.74) is 4.04. The van der Waals surface area contributed by atoms with Gasteiger partial charge >= 0.3 is 0 Å². The number of hydrogen-bond donors (Lipinski definition) is 0. The molecule has 0 radical (unpaired) electrons. The van der Waals surface area contributed by atoms with Gasteiger partial charge in [-0.05, 0) is 55.5 Å². The quantitative estimate of drug-likeness (QED) is 0.761. The zero-order valence-corrected chi connectivity index (χ0v) is 13.0. The molecule has 0 saturated heterocycles. The molecule has 0 saturated carbocycles. The summed E-state index contributed by atoms with van der Waals surface area (Å²) in [7, 11) is 0. The summed E-state index contributed by atoms with van der Waals surface area (Å²) in [6, 6.07) is 9.93. The molecule has 2 aromatic rings. The van der Waals surface area contributed by atoms with Crippen molar-refractivity contribution in [2.75, 3.05) is 0 Å². The van der Waals surface area contributed by atoms with Crippen LogP contribution in [0.15, 0.2) is 41.0 Å². The van der Waals surface area contributed by atoms with E-state index in [4.69, 9.17) is 0 Å². The number of ketones is 1. The highest BCUT2D eigenvalue weighted by molar-refractivity contribution is 9.10. The molecule has 102 valence electrons. The van der Waals surface area contributed by atoms with Crippen LogP contribution in [0.5, 0.6) is 0 Å². The van der Waals surface area contributed by atoms with Crippen LogP contribution in [-0.4, -0.2) is 10.8 Å². The van der Waals surface area contributed by atoms with Gasteiger partial charge in [-0.25, -0.2) is 0 Å². The molecule has 0 N–H and O–H groups in total. The monoisotopic (exact) mass is 329 g/mol. The largest absolute Gasteiger partial charge is 0.293 e. The van der Waals surface area contributed by atoms with Gasteiger partial charge in [0.2, 0.25) is 0 Å². The van der Waals surface area contributed by atoms with Gasteiger partial charge in [0.05, 0.1) is 11.6 Å². The van der Waals surface area contributed by atoms with E-state index in [1.165, 1.54) is 5.56 Å². The van der Waals surface area contributed by atoms with Gasteiger partial charge in [0, 0.05) is 16.2 Å². The molecule has 0 spiro atoms. The number of benzene rings is 1. The summed E-state index contributed by atoms with van der Waals surface area (Å²) in [6.07, 6.45) is 4.78. The number of fused-ring (bicyclic) bond motifs is 1. The van der Waals surface area contributed by atoms with E-state index in [1.807, 2.05) is 31.2 Å². The van der Waals surface area contributed by atoms with Crippen LogP contribution in [0.3, 0.4) is 0 Å². The molecule has 0 bridgehead atoms. The second kappa shape index (κ2) is 5.49. The van der Waals surface area contributed by atoms with Gasteiger partial charge < -0.3 is 0 Å². The van der Waals surface area contributed by atoms with Crippen LogP contribution in [-0.2, 0) is 6.42 Å². The number of rotatable bonds is 2. The number of aryl methyl sites for hydroxylation is 2. The molecule has 3 rings (SSSR count). The maximum absolute atomic E-state index is 12.9. The zero-order valence-electron chi connectivity index (χ0n) is 11.4. The number of aromatic nitrogens is 1. The third-order valence-electron chi connectivity index (χ3n) is 3.98. The Balaban J connectivity index is 2.02. The van der Waals surface area contributed by atoms with Crippen molar-refractivity contribution >= 4 is 21.7 Å². The van der Waals surface area contributed by atoms with E-state index in [1.54, 1.807) is 6.20 Å². The normalized spacial score (nSPS) is 17.6. The molecule has 1 aliphatic carbocycles. The summed E-state index contributed by atoms with van der Waals surface area (Å²) in [5.74, 6) is 0.108. The fraction of sp³-hybridized carbons (Fsp3) is 0.294. The standard InChI is InChI=1S/C17H16BrNO/c1-11-7-8-13(18)10-15(11)17(20)14-6-2-4-12-5-3-9-19-16(12)14/h3,5,7-10,14H,2,4,6H2,1H3. The Morgan fingerprint density at radius 1 is 1.35 bits per heavy atom. The lowest BCUT2D eigenvalue weighted by molar-refractivity contribution is 0.0948. The summed E-state index contributed by atoms with van der Waals surface area (Å²) in [5, 5.41) is 0. The van der Waals surface area contributed by atoms with Gasteiger partial charge in [0.25, 0.3) is 0 Å². The maximum Gasteiger partial charge on any atom is 0.172 e. The van der Waals surface area contributed by atoms with Gasteiger partial charge in [0.1, 0.15) is 0 Å². The van der Waals surface area contributed by atoms with Gasteiger partial charge in [-0.1, -0.05) is 28.1 Å². The molecule has 0 amide bonds. The van der Waals surface area contributed by atoms with Crippen molar-refractivity contribution in [2.24, 2.45) is 0 Å². The number of hydrogen-bond acceptors (Lipinski definition) is 2. The number of carbonyl (C=O) groups is 1. The van der Waals surface area contributed by atoms with Crippen LogP contribution in [0.4, 0.5) is 0 Å². The highest BCUT2D eigenvalue weighted by atomic mass is 79.9. The molecule has 2 nitrogen and oxygen atoms in total.